The fourth-order valence-electron chi connectivity index (χ4n) is 3.10. The molecule has 2 saturated heterocycles. The van der Waals surface area contributed by atoms with Crippen LogP contribution in [0, 0.1) is 0 Å². The molecule has 0 N–H and O–H groups in total. The molecule has 1 aromatic rings. The molecule has 1 atom stereocenters. The molecular weight excluding hydrogens is 264 g/mol. The van der Waals surface area contributed by atoms with Crippen molar-refractivity contribution in [2.75, 3.05) is 39.3 Å². The predicted molar refractivity (Wildman–Crippen MR) is 82.1 cm³/mol. The van der Waals surface area contributed by atoms with Crippen LogP contribution >= 0.6 is 0 Å². The Morgan fingerprint density at radius 2 is 1.90 bits per heavy atom. The van der Waals surface area contributed by atoms with E-state index in [0.717, 1.165) is 58.6 Å². The average Bonchev–Trinajstić information content (AvgIpc) is 3.08. The Morgan fingerprint density at radius 3 is 2.57 bits per heavy atom. The van der Waals surface area contributed by atoms with Crippen molar-refractivity contribution < 1.29 is 9.53 Å². The largest absolute Gasteiger partial charge is 0.368 e. The van der Waals surface area contributed by atoms with Crippen molar-refractivity contribution in [3.05, 3.63) is 35.9 Å². The van der Waals surface area contributed by atoms with Gasteiger partial charge in [0.25, 0.3) is 5.91 Å². The average molecular weight is 288 g/mol. The summed E-state index contributed by atoms with van der Waals surface area (Å²) in [6, 6.07) is 10.6. The summed E-state index contributed by atoms with van der Waals surface area (Å²) >= 11 is 0. The number of ether oxygens (including phenoxy) is 1. The molecule has 4 nitrogen and oxygen atoms in total. The van der Waals surface area contributed by atoms with E-state index in [1.807, 2.05) is 4.90 Å². The van der Waals surface area contributed by atoms with Gasteiger partial charge in [-0.25, -0.2) is 0 Å². The quantitative estimate of drug-likeness (QED) is 0.843. The van der Waals surface area contributed by atoms with Crippen LogP contribution in [0.25, 0.3) is 0 Å². The Hall–Kier alpha value is -1.39. The first kappa shape index (κ1) is 14.5. The first-order valence-electron chi connectivity index (χ1n) is 7.99. The SMILES string of the molecule is O=C([C@@H]1CCCO1)N1CCN(CCc2ccccc2)CC1. The van der Waals surface area contributed by atoms with Crippen LogP contribution in [0.3, 0.4) is 0 Å². The van der Waals surface area contributed by atoms with Crippen molar-refractivity contribution in [1.29, 1.82) is 0 Å². The zero-order chi connectivity index (χ0) is 14.5. The van der Waals surface area contributed by atoms with Gasteiger partial charge in [-0.15, -0.1) is 0 Å². The third-order valence-electron chi connectivity index (χ3n) is 4.45. The number of rotatable bonds is 4. The van der Waals surface area contributed by atoms with E-state index in [1.165, 1.54) is 5.56 Å². The standard InChI is InChI=1S/C17H24N2O2/c20-17(16-7-4-14-21-16)19-12-10-18(11-13-19)9-8-15-5-2-1-3-6-15/h1-3,5-6,16H,4,7-14H2/t16-/m0/s1. The highest BCUT2D eigenvalue weighted by Crippen LogP contribution is 2.16. The van der Waals surface area contributed by atoms with E-state index in [-0.39, 0.29) is 12.0 Å². The third-order valence-corrected chi connectivity index (χ3v) is 4.45. The van der Waals surface area contributed by atoms with Crippen LogP contribution in [0.1, 0.15) is 18.4 Å². The Bertz CT molecular complexity index is 449. The molecule has 2 fully saturated rings. The van der Waals surface area contributed by atoms with Crippen LogP contribution < -0.4 is 0 Å². The Morgan fingerprint density at radius 1 is 1.14 bits per heavy atom. The van der Waals surface area contributed by atoms with Gasteiger partial charge in [0.05, 0.1) is 0 Å². The van der Waals surface area contributed by atoms with Crippen LogP contribution in [0.4, 0.5) is 0 Å². The second-order valence-corrected chi connectivity index (χ2v) is 5.90. The molecule has 0 spiro atoms. The number of nitrogens with zero attached hydrogens (tertiary/aromatic N) is 2. The molecule has 0 bridgehead atoms. The minimum atomic E-state index is -0.166. The summed E-state index contributed by atoms with van der Waals surface area (Å²) < 4.78 is 5.50. The lowest BCUT2D eigenvalue weighted by molar-refractivity contribution is -0.142. The van der Waals surface area contributed by atoms with Gasteiger partial charge >= 0.3 is 0 Å². The smallest absolute Gasteiger partial charge is 0.251 e. The lowest BCUT2D eigenvalue weighted by Crippen LogP contribution is -2.51. The molecule has 0 saturated carbocycles. The summed E-state index contributed by atoms with van der Waals surface area (Å²) in [5.41, 5.74) is 1.38. The summed E-state index contributed by atoms with van der Waals surface area (Å²) in [5, 5.41) is 0. The molecule has 0 radical (unpaired) electrons. The van der Waals surface area contributed by atoms with Crippen LogP contribution in [0.2, 0.25) is 0 Å². The molecule has 3 rings (SSSR count). The second-order valence-electron chi connectivity index (χ2n) is 5.90. The Labute approximate surface area is 126 Å². The highest BCUT2D eigenvalue weighted by atomic mass is 16.5. The van der Waals surface area contributed by atoms with Crippen LogP contribution in [0.15, 0.2) is 30.3 Å². The van der Waals surface area contributed by atoms with Crippen molar-refractivity contribution >= 4 is 5.91 Å². The molecule has 0 aromatic heterocycles. The molecule has 1 aromatic carbocycles. The molecule has 21 heavy (non-hydrogen) atoms. The van der Waals surface area contributed by atoms with Gasteiger partial charge in [-0.2, -0.15) is 0 Å². The minimum absolute atomic E-state index is 0.166. The number of benzene rings is 1. The van der Waals surface area contributed by atoms with E-state index in [2.05, 4.69) is 35.2 Å². The summed E-state index contributed by atoms with van der Waals surface area (Å²) in [6.07, 6.45) is 2.84. The topological polar surface area (TPSA) is 32.8 Å². The lowest BCUT2D eigenvalue weighted by Gasteiger charge is -2.35. The highest BCUT2D eigenvalue weighted by Gasteiger charge is 2.30. The van der Waals surface area contributed by atoms with E-state index >= 15 is 0 Å². The number of carbonyl (C=O) groups excluding carboxylic acids is 1. The van der Waals surface area contributed by atoms with Crippen LogP contribution in [-0.4, -0.2) is 61.1 Å². The normalized spacial score (nSPS) is 23.4. The first-order valence-corrected chi connectivity index (χ1v) is 7.99. The number of amides is 1. The van der Waals surface area contributed by atoms with Gasteiger partial charge in [0, 0.05) is 39.3 Å². The monoisotopic (exact) mass is 288 g/mol. The molecule has 0 unspecified atom stereocenters. The molecule has 4 heteroatoms. The van der Waals surface area contributed by atoms with E-state index in [9.17, 15) is 4.79 Å². The highest BCUT2D eigenvalue weighted by molar-refractivity contribution is 5.81. The molecular formula is C17H24N2O2. The molecule has 2 aliphatic rings. The number of hydrogen-bond acceptors (Lipinski definition) is 3. The van der Waals surface area contributed by atoms with Crippen molar-refractivity contribution in [2.45, 2.75) is 25.4 Å². The number of hydrogen-bond donors (Lipinski definition) is 0. The van der Waals surface area contributed by atoms with Crippen LogP contribution in [-0.2, 0) is 16.0 Å². The van der Waals surface area contributed by atoms with Crippen molar-refractivity contribution in [1.82, 2.24) is 9.80 Å². The lowest BCUT2D eigenvalue weighted by atomic mass is 10.1. The molecule has 0 aliphatic carbocycles. The maximum atomic E-state index is 12.3. The Balaban J connectivity index is 1.41. The number of carbonyl (C=O) groups is 1. The second kappa shape index (κ2) is 7.05. The van der Waals surface area contributed by atoms with Gasteiger partial charge in [0.15, 0.2) is 0 Å². The molecule has 1 amide bonds. The molecule has 2 aliphatic heterocycles. The summed E-state index contributed by atoms with van der Waals surface area (Å²) in [4.78, 5) is 16.7. The van der Waals surface area contributed by atoms with Gasteiger partial charge in [0.1, 0.15) is 6.10 Å². The molecule has 114 valence electrons. The van der Waals surface area contributed by atoms with Crippen LogP contribution in [0.5, 0.6) is 0 Å². The van der Waals surface area contributed by atoms with Gasteiger partial charge in [0.2, 0.25) is 0 Å². The van der Waals surface area contributed by atoms with Gasteiger partial charge in [-0.1, -0.05) is 30.3 Å². The maximum absolute atomic E-state index is 12.3. The fraction of sp³-hybridized carbons (Fsp3) is 0.588. The van der Waals surface area contributed by atoms with Crippen molar-refractivity contribution in [2.24, 2.45) is 0 Å². The summed E-state index contributed by atoms with van der Waals surface area (Å²) in [5.74, 6) is 0.204. The zero-order valence-corrected chi connectivity index (χ0v) is 12.5. The van der Waals surface area contributed by atoms with E-state index < -0.39 is 0 Å². The first-order chi connectivity index (χ1) is 10.3. The van der Waals surface area contributed by atoms with Crippen molar-refractivity contribution in [3.8, 4) is 0 Å². The van der Waals surface area contributed by atoms with E-state index in [1.54, 1.807) is 0 Å². The fourth-order valence-corrected chi connectivity index (χ4v) is 3.10. The van der Waals surface area contributed by atoms with E-state index in [4.69, 9.17) is 4.74 Å². The molecule has 2 heterocycles. The number of piperazine rings is 1. The van der Waals surface area contributed by atoms with Gasteiger partial charge in [-0.3, -0.25) is 9.69 Å². The predicted octanol–water partition coefficient (Wildman–Crippen LogP) is 1.55. The Kier molecular flexibility index (Phi) is 4.88. The van der Waals surface area contributed by atoms with Gasteiger partial charge < -0.3 is 9.64 Å². The minimum Gasteiger partial charge on any atom is -0.368 e. The third kappa shape index (κ3) is 3.83. The van der Waals surface area contributed by atoms with Gasteiger partial charge in [-0.05, 0) is 24.8 Å². The van der Waals surface area contributed by atoms with Crippen molar-refractivity contribution in [3.63, 3.8) is 0 Å². The zero-order valence-electron chi connectivity index (χ0n) is 12.5. The maximum Gasteiger partial charge on any atom is 0.251 e. The van der Waals surface area contributed by atoms with E-state index in [0.29, 0.717) is 0 Å². The summed E-state index contributed by atoms with van der Waals surface area (Å²) in [6.45, 7) is 5.46. The summed E-state index contributed by atoms with van der Waals surface area (Å²) in [7, 11) is 0.